The van der Waals surface area contributed by atoms with E-state index in [1.807, 2.05) is 38.6 Å². The summed E-state index contributed by atoms with van der Waals surface area (Å²) in [6.45, 7) is 10.6. The highest BCUT2D eigenvalue weighted by atomic mass is 19.1. The third-order valence-electron chi connectivity index (χ3n) is 8.21. The molecule has 44 heavy (non-hydrogen) atoms. The number of hydrogen-bond donors (Lipinski definition) is 2. The summed E-state index contributed by atoms with van der Waals surface area (Å²) in [7, 11) is 4.09. The highest BCUT2D eigenvalue weighted by Crippen LogP contribution is 2.29. The Bertz CT molecular complexity index is 1910. The van der Waals surface area contributed by atoms with Crippen LogP contribution in [0.5, 0.6) is 0 Å². The summed E-state index contributed by atoms with van der Waals surface area (Å²) in [5.74, 6) is 0.306. The highest BCUT2D eigenvalue weighted by molar-refractivity contribution is 5.91. The number of imidazole rings is 1. The lowest BCUT2D eigenvalue weighted by Crippen LogP contribution is -2.21. The molecule has 0 amide bonds. The minimum Gasteiger partial charge on any atom is -0.335 e. The summed E-state index contributed by atoms with van der Waals surface area (Å²) in [5, 5.41) is 9.15. The summed E-state index contributed by atoms with van der Waals surface area (Å²) in [6.07, 6.45) is 13.9. The molecule has 1 fully saturated rings. The Labute approximate surface area is 257 Å². The van der Waals surface area contributed by atoms with Crippen molar-refractivity contribution in [1.82, 2.24) is 39.9 Å². The van der Waals surface area contributed by atoms with Gasteiger partial charge >= 0.3 is 0 Å². The van der Waals surface area contributed by atoms with Gasteiger partial charge < -0.3 is 9.88 Å². The number of rotatable bonds is 10. The molecular formula is C35H39FN8. The van der Waals surface area contributed by atoms with Crippen molar-refractivity contribution >= 4 is 29.4 Å². The smallest absolute Gasteiger partial charge is 0.178 e. The van der Waals surface area contributed by atoms with Gasteiger partial charge in [0.25, 0.3) is 0 Å². The Balaban J connectivity index is 1.26. The maximum Gasteiger partial charge on any atom is 0.178 e. The molecule has 0 radical (unpaired) electrons. The normalized spacial score (nSPS) is 14.8. The van der Waals surface area contributed by atoms with E-state index in [1.165, 1.54) is 18.4 Å². The molecule has 1 aliphatic heterocycles. The van der Waals surface area contributed by atoms with E-state index in [-0.39, 0.29) is 5.82 Å². The Morgan fingerprint density at radius 3 is 2.77 bits per heavy atom. The minimum atomic E-state index is -0.253. The predicted octanol–water partition coefficient (Wildman–Crippen LogP) is 4.93. The lowest BCUT2D eigenvalue weighted by molar-refractivity contribution is 0.331. The molecule has 6 rings (SSSR count). The third-order valence-corrected chi connectivity index (χ3v) is 8.21. The average molecular weight is 591 g/mol. The van der Waals surface area contributed by atoms with Gasteiger partial charge in [0, 0.05) is 35.9 Å². The van der Waals surface area contributed by atoms with E-state index < -0.39 is 0 Å². The Morgan fingerprint density at radius 2 is 1.95 bits per heavy atom. The third kappa shape index (κ3) is 6.69. The molecule has 0 aliphatic carbocycles. The zero-order valence-electron chi connectivity index (χ0n) is 25.7. The van der Waals surface area contributed by atoms with Gasteiger partial charge in [0.2, 0.25) is 0 Å². The molecule has 4 aromatic heterocycles. The molecule has 1 aliphatic rings. The van der Waals surface area contributed by atoms with E-state index in [4.69, 9.17) is 4.98 Å². The Morgan fingerprint density at radius 1 is 1.11 bits per heavy atom. The number of H-pyrrole nitrogens is 2. The minimum absolute atomic E-state index is 0.253. The van der Waals surface area contributed by atoms with Gasteiger partial charge in [-0.1, -0.05) is 18.7 Å². The number of likely N-dealkylation sites (tertiary alicyclic amines) is 1. The van der Waals surface area contributed by atoms with E-state index in [0.717, 1.165) is 82.9 Å². The number of aromatic amines is 2. The quantitative estimate of drug-likeness (QED) is 0.240. The molecule has 0 unspecified atom stereocenters. The van der Waals surface area contributed by atoms with Crippen molar-refractivity contribution in [1.29, 1.82) is 0 Å². The molecule has 226 valence electrons. The number of halogens is 1. The predicted molar refractivity (Wildman–Crippen MR) is 175 cm³/mol. The molecule has 1 saturated heterocycles. The zero-order chi connectivity index (χ0) is 30.6. The maximum absolute atomic E-state index is 14.7. The zero-order valence-corrected chi connectivity index (χ0v) is 25.7. The number of hydrogen-bond acceptors (Lipinski definition) is 6. The first-order valence-corrected chi connectivity index (χ1v) is 15.2. The summed E-state index contributed by atoms with van der Waals surface area (Å²) >= 11 is 0. The maximum atomic E-state index is 14.7. The molecule has 2 N–H and O–H groups in total. The van der Waals surface area contributed by atoms with Crippen LogP contribution < -0.4 is 10.6 Å². The topological polar surface area (TPSA) is 89.6 Å². The second kappa shape index (κ2) is 13.0. The molecule has 9 heteroatoms. The van der Waals surface area contributed by atoms with Crippen molar-refractivity contribution < 1.29 is 4.39 Å². The van der Waals surface area contributed by atoms with Crippen molar-refractivity contribution in [2.24, 2.45) is 0 Å². The molecule has 1 aromatic carbocycles. The molecule has 8 nitrogen and oxygen atoms in total. The van der Waals surface area contributed by atoms with Gasteiger partial charge in [-0.25, -0.2) is 14.4 Å². The number of aromatic nitrogens is 6. The molecule has 0 spiro atoms. The number of nitrogens with zero attached hydrogens (tertiary/aromatic N) is 6. The van der Waals surface area contributed by atoms with Gasteiger partial charge in [-0.3, -0.25) is 15.0 Å². The second-order valence-corrected chi connectivity index (χ2v) is 11.9. The van der Waals surface area contributed by atoms with Crippen LogP contribution in [0, 0.1) is 5.82 Å². The number of aryl methyl sites for hydroxylation is 1. The van der Waals surface area contributed by atoms with Crippen molar-refractivity contribution in [2.75, 3.05) is 33.7 Å². The Kier molecular flexibility index (Phi) is 8.77. The monoisotopic (exact) mass is 590 g/mol. The molecule has 0 bridgehead atoms. The van der Waals surface area contributed by atoms with Gasteiger partial charge in [0.05, 0.1) is 10.9 Å². The number of benzene rings is 1. The van der Waals surface area contributed by atoms with Gasteiger partial charge in [-0.05, 0) is 125 Å². The Hall–Kier alpha value is -4.47. The highest BCUT2D eigenvalue weighted by Gasteiger charge is 2.15. The lowest BCUT2D eigenvalue weighted by atomic mass is 10.0. The lowest BCUT2D eigenvalue weighted by Gasteiger charge is -2.14. The largest absolute Gasteiger partial charge is 0.335 e. The number of fused-ring (bicyclic) bond motifs is 1. The summed E-state index contributed by atoms with van der Waals surface area (Å²) in [5.41, 5.74) is 7.92. The van der Waals surface area contributed by atoms with Crippen LogP contribution >= 0.6 is 0 Å². The first-order valence-electron chi connectivity index (χ1n) is 15.2. The molecule has 0 atom stereocenters. The number of pyridine rings is 2. The molecule has 5 aromatic rings. The molecular weight excluding hydrogens is 551 g/mol. The summed E-state index contributed by atoms with van der Waals surface area (Å²) in [4.78, 5) is 21.7. The van der Waals surface area contributed by atoms with Crippen molar-refractivity contribution in [3.05, 3.63) is 88.1 Å². The van der Waals surface area contributed by atoms with E-state index >= 15 is 0 Å². The van der Waals surface area contributed by atoms with Crippen LogP contribution in [-0.2, 0) is 13.0 Å². The average Bonchev–Trinajstić information content (AvgIpc) is 3.75. The van der Waals surface area contributed by atoms with Crippen LogP contribution in [0.2, 0.25) is 0 Å². The van der Waals surface area contributed by atoms with Crippen LogP contribution in [0.4, 0.5) is 4.39 Å². The van der Waals surface area contributed by atoms with Crippen molar-refractivity contribution in [3.8, 4) is 22.6 Å². The van der Waals surface area contributed by atoms with Crippen LogP contribution in [0.1, 0.15) is 42.9 Å². The fourth-order valence-electron chi connectivity index (χ4n) is 5.82. The van der Waals surface area contributed by atoms with E-state index in [1.54, 1.807) is 18.3 Å². The van der Waals surface area contributed by atoms with Crippen LogP contribution in [-0.4, -0.2) is 73.7 Å². The standard InChI is InChI=1S/C35H39FN8/c1-23(28-17-26(20-37-21-28)22-44-14-5-6-15-44)9-10-31-24(2)32(42-41-31)35-39-33-30(11-12-38-34(33)40-35)27-16-25(18-29(36)19-27)8-7-13-43(3)4/h9-12,16-21,41H,2,5-8,13-15,22H2,1,3-4H3,(H,38,39,40)/b23-9+,31-10+. The van der Waals surface area contributed by atoms with Gasteiger partial charge in [-0.2, -0.15) is 5.10 Å². The molecule has 5 heterocycles. The van der Waals surface area contributed by atoms with Crippen molar-refractivity contribution in [3.63, 3.8) is 0 Å². The van der Waals surface area contributed by atoms with Gasteiger partial charge in [0.1, 0.15) is 11.5 Å². The van der Waals surface area contributed by atoms with Crippen LogP contribution in [0.3, 0.4) is 0 Å². The van der Waals surface area contributed by atoms with Crippen LogP contribution in [0.15, 0.2) is 55.0 Å². The first-order chi connectivity index (χ1) is 21.3. The molecule has 0 saturated carbocycles. The summed E-state index contributed by atoms with van der Waals surface area (Å²) < 4.78 is 14.7. The summed E-state index contributed by atoms with van der Waals surface area (Å²) in [6, 6.07) is 9.34. The van der Waals surface area contributed by atoms with Gasteiger partial charge in [-0.15, -0.1) is 0 Å². The number of allylic oxidation sites excluding steroid dienone is 2. The fourth-order valence-corrected chi connectivity index (χ4v) is 5.82. The van der Waals surface area contributed by atoms with Gasteiger partial charge in [0.15, 0.2) is 11.5 Å². The van der Waals surface area contributed by atoms with E-state index in [9.17, 15) is 4.39 Å². The van der Waals surface area contributed by atoms with E-state index in [0.29, 0.717) is 17.2 Å². The van der Waals surface area contributed by atoms with E-state index in [2.05, 4.69) is 66.7 Å². The second-order valence-electron chi connectivity index (χ2n) is 11.9. The first kappa shape index (κ1) is 29.6. The van der Waals surface area contributed by atoms with Crippen molar-refractivity contribution in [2.45, 2.75) is 39.2 Å². The van der Waals surface area contributed by atoms with Crippen LogP contribution in [0.25, 0.3) is 52.0 Å². The SMILES string of the molecule is C=c1c(-c2nc3nccc(-c4cc(F)cc(CCCN(C)C)c4)c3[nH]2)n[nH]/c1=C/C=C(\C)c1cncc(CN2CCCC2)c1. The number of nitrogens with one attached hydrogen (secondary N) is 2. The fraction of sp³-hybridized carbons (Fsp3) is 0.314.